The summed E-state index contributed by atoms with van der Waals surface area (Å²) in [6.07, 6.45) is 14.9. The summed E-state index contributed by atoms with van der Waals surface area (Å²) in [6.45, 7) is 0. The van der Waals surface area contributed by atoms with Gasteiger partial charge in [0.05, 0.1) is 23.3 Å². The fraction of sp³-hybridized carbons (Fsp3) is 0.360. The Balaban J connectivity index is 1.37. The third kappa shape index (κ3) is 4.49. The van der Waals surface area contributed by atoms with Crippen molar-refractivity contribution in [1.29, 1.82) is 0 Å². The number of rotatable bonds is 6. The van der Waals surface area contributed by atoms with Crippen LogP contribution in [0.1, 0.15) is 42.8 Å². The summed E-state index contributed by atoms with van der Waals surface area (Å²) in [5.41, 5.74) is 11.2. The summed E-state index contributed by atoms with van der Waals surface area (Å²) in [7, 11) is 0. The number of aryl methyl sites for hydroxylation is 2. The van der Waals surface area contributed by atoms with E-state index in [1.54, 1.807) is 0 Å². The number of fused-ring (bicyclic) bond motifs is 1. The zero-order chi connectivity index (χ0) is 21.0. The van der Waals surface area contributed by atoms with E-state index in [2.05, 4.69) is 38.6 Å². The molecule has 0 aliphatic heterocycles. The van der Waals surface area contributed by atoms with Gasteiger partial charge in [-0.2, -0.15) is 0 Å². The minimum atomic E-state index is 0.367. The zero-order valence-electron chi connectivity index (χ0n) is 17.7. The highest BCUT2D eigenvalue weighted by molar-refractivity contribution is 5.61. The molecule has 6 nitrogen and oxygen atoms in total. The molecule has 5 rings (SSSR count). The molecule has 1 aliphatic rings. The maximum absolute atomic E-state index is 6.07. The summed E-state index contributed by atoms with van der Waals surface area (Å²) in [6, 6.07) is 12.8. The van der Waals surface area contributed by atoms with Crippen LogP contribution in [0.2, 0.25) is 0 Å². The van der Waals surface area contributed by atoms with Crippen LogP contribution in [0.3, 0.4) is 0 Å². The molecule has 31 heavy (non-hydrogen) atoms. The van der Waals surface area contributed by atoms with Crippen LogP contribution < -0.4 is 5.73 Å². The Bertz CT molecular complexity index is 1150. The lowest BCUT2D eigenvalue weighted by molar-refractivity contribution is 0.323. The maximum atomic E-state index is 6.07. The van der Waals surface area contributed by atoms with Gasteiger partial charge in [0.1, 0.15) is 5.82 Å². The van der Waals surface area contributed by atoms with Gasteiger partial charge in [0, 0.05) is 31.1 Å². The molecule has 2 N–H and O–H groups in total. The minimum Gasteiger partial charge on any atom is -0.328 e. The highest BCUT2D eigenvalue weighted by Crippen LogP contribution is 2.28. The van der Waals surface area contributed by atoms with E-state index in [-0.39, 0.29) is 0 Å². The fourth-order valence-electron chi connectivity index (χ4n) is 4.54. The lowest BCUT2D eigenvalue weighted by Crippen LogP contribution is -2.27. The third-order valence-electron chi connectivity index (χ3n) is 6.32. The van der Waals surface area contributed by atoms with Crippen molar-refractivity contribution in [2.45, 2.75) is 51.0 Å². The molecular weight excluding hydrogens is 384 g/mol. The molecule has 4 aromatic rings. The molecular formula is C25H28N6. The number of nitrogens with two attached hydrogens (primary N) is 1. The number of aromatic nitrogens is 5. The van der Waals surface area contributed by atoms with E-state index in [9.17, 15) is 0 Å². The van der Waals surface area contributed by atoms with Gasteiger partial charge in [-0.1, -0.05) is 30.3 Å². The molecule has 0 amide bonds. The second-order valence-corrected chi connectivity index (χ2v) is 8.54. The smallest absolute Gasteiger partial charge is 0.159 e. The van der Waals surface area contributed by atoms with Crippen molar-refractivity contribution in [2.75, 3.05) is 0 Å². The van der Waals surface area contributed by atoms with Crippen molar-refractivity contribution >= 4 is 5.65 Å². The lowest BCUT2D eigenvalue weighted by atomic mass is 9.84. The number of hydrogen-bond acceptors (Lipinski definition) is 5. The Kier molecular flexibility index (Phi) is 5.71. The average Bonchev–Trinajstić information content (AvgIpc) is 3.25. The SMILES string of the molecule is NC1CCC(Cc2nccn3c(-c4ccnc(CCc5ccccc5)n4)cnc23)CC1. The first-order chi connectivity index (χ1) is 15.3. The van der Waals surface area contributed by atoms with Crippen LogP contribution in [0.15, 0.2) is 61.2 Å². The van der Waals surface area contributed by atoms with Crippen LogP contribution in [-0.2, 0) is 19.3 Å². The fourth-order valence-corrected chi connectivity index (χ4v) is 4.54. The number of imidazole rings is 1. The molecule has 1 saturated carbocycles. The van der Waals surface area contributed by atoms with Gasteiger partial charge in [-0.3, -0.25) is 9.38 Å². The van der Waals surface area contributed by atoms with E-state index in [1.807, 2.05) is 36.9 Å². The van der Waals surface area contributed by atoms with Crippen molar-refractivity contribution in [2.24, 2.45) is 11.7 Å². The normalized spacial score (nSPS) is 19.0. The molecule has 1 aliphatic carbocycles. The first-order valence-electron chi connectivity index (χ1n) is 11.2. The van der Waals surface area contributed by atoms with Crippen molar-refractivity contribution in [3.8, 4) is 11.4 Å². The Labute approximate surface area is 182 Å². The van der Waals surface area contributed by atoms with Gasteiger partial charge in [0.15, 0.2) is 5.65 Å². The second kappa shape index (κ2) is 8.94. The topological polar surface area (TPSA) is 82.0 Å². The van der Waals surface area contributed by atoms with E-state index in [1.165, 1.54) is 18.4 Å². The minimum absolute atomic E-state index is 0.367. The molecule has 3 heterocycles. The lowest BCUT2D eigenvalue weighted by Gasteiger charge is -2.25. The van der Waals surface area contributed by atoms with E-state index in [0.29, 0.717) is 12.0 Å². The molecule has 6 heteroatoms. The molecule has 0 radical (unpaired) electrons. The van der Waals surface area contributed by atoms with E-state index in [4.69, 9.17) is 15.7 Å². The molecule has 0 atom stereocenters. The van der Waals surface area contributed by atoms with E-state index in [0.717, 1.165) is 60.7 Å². The van der Waals surface area contributed by atoms with Crippen molar-refractivity contribution in [3.63, 3.8) is 0 Å². The number of hydrogen-bond donors (Lipinski definition) is 1. The van der Waals surface area contributed by atoms with Gasteiger partial charge in [-0.05, 0) is 56.1 Å². The summed E-state index contributed by atoms with van der Waals surface area (Å²) >= 11 is 0. The Morgan fingerprint density at radius 1 is 0.903 bits per heavy atom. The monoisotopic (exact) mass is 412 g/mol. The first kappa shape index (κ1) is 19.8. The van der Waals surface area contributed by atoms with Crippen molar-refractivity contribution in [3.05, 3.63) is 78.3 Å². The van der Waals surface area contributed by atoms with Gasteiger partial charge in [-0.25, -0.2) is 15.0 Å². The Hall–Kier alpha value is -3.12. The summed E-state index contributed by atoms with van der Waals surface area (Å²) in [4.78, 5) is 18.7. The maximum Gasteiger partial charge on any atom is 0.159 e. The van der Waals surface area contributed by atoms with Crippen molar-refractivity contribution < 1.29 is 0 Å². The number of benzene rings is 1. The highest BCUT2D eigenvalue weighted by Gasteiger charge is 2.21. The molecule has 0 saturated heterocycles. The summed E-state index contributed by atoms with van der Waals surface area (Å²) in [5, 5.41) is 0. The number of nitrogens with zero attached hydrogens (tertiary/aromatic N) is 5. The van der Waals surface area contributed by atoms with Crippen LogP contribution in [0.4, 0.5) is 0 Å². The average molecular weight is 413 g/mol. The van der Waals surface area contributed by atoms with Gasteiger partial charge < -0.3 is 5.73 Å². The zero-order valence-corrected chi connectivity index (χ0v) is 17.7. The van der Waals surface area contributed by atoms with Crippen LogP contribution in [0.25, 0.3) is 17.0 Å². The molecule has 0 bridgehead atoms. The Morgan fingerprint density at radius 2 is 1.74 bits per heavy atom. The predicted molar refractivity (Wildman–Crippen MR) is 122 cm³/mol. The van der Waals surface area contributed by atoms with Crippen LogP contribution >= 0.6 is 0 Å². The Morgan fingerprint density at radius 3 is 2.58 bits per heavy atom. The van der Waals surface area contributed by atoms with Crippen LogP contribution in [0.5, 0.6) is 0 Å². The summed E-state index contributed by atoms with van der Waals surface area (Å²) < 4.78 is 2.11. The van der Waals surface area contributed by atoms with E-state index >= 15 is 0 Å². The van der Waals surface area contributed by atoms with Crippen LogP contribution in [-0.4, -0.2) is 30.4 Å². The predicted octanol–water partition coefficient (Wildman–Crippen LogP) is 4.03. The largest absolute Gasteiger partial charge is 0.328 e. The molecule has 3 aromatic heterocycles. The second-order valence-electron chi connectivity index (χ2n) is 8.54. The third-order valence-corrected chi connectivity index (χ3v) is 6.32. The quantitative estimate of drug-likeness (QED) is 0.517. The van der Waals surface area contributed by atoms with Crippen LogP contribution in [0, 0.1) is 5.92 Å². The molecule has 158 valence electrons. The van der Waals surface area contributed by atoms with Crippen molar-refractivity contribution in [1.82, 2.24) is 24.3 Å². The van der Waals surface area contributed by atoms with E-state index < -0.39 is 0 Å². The summed E-state index contributed by atoms with van der Waals surface area (Å²) in [5.74, 6) is 1.49. The van der Waals surface area contributed by atoms with Gasteiger partial charge in [-0.15, -0.1) is 0 Å². The van der Waals surface area contributed by atoms with Gasteiger partial charge in [0.25, 0.3) is 0 Å². The van der Waals surface area contributed by atoms with Gasteiger partial charge >= 0.3 is 0 Å². The molecule has 0 spiro atoms. The first-order valence-corrected chi connectivity index (χ1v) is 11.2. The van der Waals surface area contributed by atoms with Gasteiger partial charge in [0.2, 0.25) is 0 Å². The molecule has 0 unspecified atom stereocenters. The highest BCUT2D eigenvalue weighted by atomic mass is 15.0. The molecule has 1 fully saturated rings. The standard InChI is InChI=1S/C25H28N6/c26-20-9-6-19(7-10-20)16-22-25-29-17-23(31(25)15-14-27-22)21-12-13-28-24(30-21)11-8-18-4-2-1-3-5-18/h1-5,12-15,17,19-20H,6-11,16,26H2. The molecule has 1 aromatic carbocycles.